The number of thioether (sulfide) groups is 1. The minimum absolute atomic E-state index is 0.205. The van der Waals surface area contributed by atoms with E-state index in [4.69, 9.17) is 0 Å². The molecule has 0 N–H and O–H groups in total. The molecule has 3 heterocycles. The van der Waals surface area contributed by atoms with E-state index in [1.165, 1.54) is 21.6 Å². The van der Waals surface area contributed by atoms with E-state index >= 15 is 0 Å². The van der Waals surface area contributed by atoms with Crippen LogP contribution < -0.4 is 0 Å². The van der Waals surface area contributed by atoms with Crippen LogP contribution in [-0.2, 0) is 5.41 Å². The molecule has 0 fully saturated rings. The highest BCUT2D eigenvalue weighted by Gasteiger charge is 2.43. The first-order chi connectivity index (χ1) is 24.5. The van der Waals surface area contributed by atoms with Crippen LogP contribution >= 0.6 is 11.8 Å². The first kappa shape index (κ1) is 28.7. The van der Waals surface area contributed by atoms with Gasteiger partial charge >= 0.3 is 0 Å². The summed E-state index contributed by atoms with van der Waals surface area (Å²) in [5, 5.41) is 24.0. The number of fused-ring (bicyclic) bond motifs is 9. The second-order valence-corrected chi connectivity index (χ2v) is 14.6. The molecule has 6 aromatic carbocycles. The maximum Gasteiger partial charge on any atom is 0.0991 e. The molecule has 5 heteroatoms. The molecule has 0 radical (unpaired) electrons. The molecule has 50 heavy (non-hydrogen) atoms. The standard InChI is InChI=1S/C45H28N4S/c1-45-25-31(30-7-6-8-32(23-30)48-39-11-4-2-9-34(39)36-21-28(26-46)13-17-41(36)48)15-20-44(45)50-43-19-16-33(24-38(43)45)49-40-12-5-3-10-35(40)37-22-29(27-47)14-18-42(37)49/h2-25,44H,1H3. The monoisotopic (exact) mass is 656 g/mol. The molecule has 8 aromatic rings. The molecule has 0 saturated carbocycles. The Balaban J connectivity index is 1.10. The topological polar surface area (TPSA) is 57.4 Å². The molecule has 0 saturated heterocycles. The molecule has 1 aliphatic carbocycles. The van der Waals surface area contributed by atoms with Crippen molar-refractivity contribution in [1.29, 1.82) is 10.5 Å². The van der Waals surface area contributed by atoms with E-state index in [9.17, 15) is 10.5 Å². The average Bonchev–Trinajstić information content (AvgIpc) is 3.78. The molecule has 2 aliphatic rings. The van der Waals surface area contributed by atoms with Crippen LogP contribution in [0.15, 0.2) is 151 Å². The Morgan fingerprint density at radius 1 is 0.600 bits per heavy atom. The minimum Gasteiger partial charge on any atom is -0.309 e. The molecule has 4 nitrogen and oxygen atoms in total. The predicted molar refractivity (Wildman–Crippen MR) is 205 cm³/mol. The third kappa shape index (κ3) is 4.05. The molecular weight excluding hydrogens is 629 g/mol. The van der Waals surface area contributed by atoms with E-state index < -0.39 is 0 Å². The lowest BCUT2D eigenvalue weighted by Crippen LogP contribution is -2.29. The maximum atomic E-state index is 9.63. The summed E-state index contributed by atoms with van der Waals surface area (Å²) in [6, 6.07) is 49.2. The Morgan fingerprint density at radius 3 is 1.84 bits per heavy atom. The summed E-state index contributed by atoms with van der Waals surface area (Å²) in [7, 11) is 0. The number of nitrogens with zero attached hydrogens (tertiary/aromatic N) is 4. The third-order valence-electron chi connectivity index (χ3n) is 10.6. The highest BCUT2D eigenvalue weighted by molar-refractivity contribution is 8.00. The van der Waals surface area contributed by atoms with Gasteiger partial charge in [0.25, 0.3) is 0 Å². The number of para-hydroxylation sites is 2. The van der Waals surface area contributed by atoms with Crippen molar-refractivity contribution in [2.75, 3.05) is 0 Å². The Kier molecular flexibility index (Phi) is 6.10. The second kappa shape index (κ2) is 10.6. The smallest absolute Gasteiger partial charge is 0.0991 e. The van der Waals surface area contributed by atoms with Gasteiger partial charge in [0.05, 0.1) is 45.3 Å². The fourth-order valence-corrected chi connectivity index (χ4v) is 9.62. The Bertz CT molecular complexity index is 2910. The SMILES string of the molecule is CC12C=C(c3cccc(-n4c5ccccc5c5cc(C#N)ccc54)c3)C=CC1Sc1ccc(-n3c4ccccc4c4cc(C#N)ccc43)cc12. The number of hydrogen-bond donors (Lipinski definition) is 0. The van der Waals surface area contributed by atoms with E-state index in [0.717, 1.165) is 55.0 Å². The number of benzene rings is 6. The summed E-state index contributed by atoms with van der Waals surface area (Å²) in [6.45, 7) is 2.37. The van der Waals surface area contributed by atoms with Crippen LogP contribution in [0.1, 0.15) is 29.2 Å². The Morgan fingerprint density at radius 2 is 1.20 bits per heavy atom. The number of hydrogen-bond acceptors (Lipinski definition) is 3. The van der Waals surface area contributed by atoms with Gasteiger partial charge in [-0.1, -0.05) is 73.7 Å². The van der Waals surface area contributed by atoms with Crippen molar-refractivity contribution in [3.8, 4) is 23.5 Å². The molecule has 10 rings (SSSR count). The quantitative estimate of drug-likeness (QED) is 0.190. The van der Waals surface area contributed by atoms with Crippen LogP contribution in [-0.4, -0.2) is 14.4 Å². The normalized spacial score (nSPS) is 17.9. The number of aromatic nitrogens is 2. The molecule has 0 amide bonds. The lowest BCUT2D eigenvalue weighted by molar-refractivity contribution is 0.622. The van der Waals surface area contributed by atoms with Gasteiger partial charge in [0.1, 0.15) is 0 Å². The van der Waals surface area contributed by atoms with E-state index in [1.807, 2.05) is 36.0 Å². The molecule has 0 spiro atoms. The molecule has 2 unspecified atom stereocenters. The van der Waals surface area contributed by atoms with Gasteiger partial charge in [-0.3, -0.25) is 0 Å². The van der Waals surface area contributed by atoms with Gasteiger partial charge in [-0.05, 0) is 95.6 Å². The second-order valence-electron chi connectivity index (χ2n) is 13.4. The zero-order valence-corrected chi connectivity index (χ0v) is 27.9. The Hall–Kier alpha value is -6.27. The van der Waals surface area contributed by atoms with Crippen LogP contribution in [0.4, 0.5) is 0 Å². The van der Waals surface area contributed by atoms with Crippen molar-refractivity contribution >= 4 is 60.9 Å². The van der Waals surface area contributed by atoms with Crippen LogP contribution in [0.5, 0.6) is 0 Å². The molecule has 0 bridgehead atoms. The van der Waals surface area contributed by atoms with Crippen molar-refractivity contribution < 1.29 is 0 Å². The number of nitriles is 2. The number of allylic oxidation sites excluding steroid dienone is 3. The van der Waals surface area contributed by atoms with Gasteiger partial charge in [0, 0.05) is 48.5 Å². The minimum atomic E-state index is -0.205. The lowest BCUT2D eigenvalue weighted by atomic mass is 9.74. The average molecular weight is 657 g/mol. The van der Waals surface area contributed by atoms with E-state index in [2.05, 4.69) is 150 Å². The van der Waals surface area contributed by atoms with Gasteiger partial charge in [-0.15, -0.1) is 11.8 Å². The van der Waals surface area contributed by atoms with Crippen LogP contribution in [0, 0.1) is 22.7 Å². The van der Waals surface area contributed by atoms with Crippen LogP contribution in [0.25, 0.3) is 60.6 Å². The van der Waals surface area contributed by atoms with Crippen molar-refractivity contribution in [2.45, 2.75) is 22.5 Å². The summed E-state index contributed by atoms with van der Waals surface area (Å²) >= 11 is 1.94. The van der Waals surface area contributed by atoms with Crippen LogP contribution in [0.2, 0.25) is 0 Å². The molecule has 2 atom stereocenters. The lowest BCUT2D eigenvalue weighted by Gasteiger charge is -2.31. The van der Waals surface area contributed by atoms with Gasteiger partial charge in [-0.2, -0.15) is 10.5 Å². The Labute approximate surface area is 293 Å². The first-order valence-electron chi connectivity index (χ1n) is 16.7. The van der Waals surface area contributed by atoms with E-state index in [0.29, 0.717) is 16.4 Å². The van der Waals surface area contributed by atoms with Crippen molar-refractivity contribution in [1.82, 2.24) is 9.13 Å². The zero-order valence-electron chi connectivity index (χ0n) is 27.1. The third-order valence-corrected chi connectivity index (χ3v) is 12.1. The number of rotatable bonds is 3. The summed E-state index contributed by atoms with van der Waals surface area (Å²) < 4.78 is 4.65. The summed E-state index contributed by atoms with van der Waals surface area (Å²) in [5.74, 6) is 0. The predicted octanol–water partition coefficient (Wildman–Crippen LogP) is 11.0. The van der Waals surface area contributed by atoms with Gasteiger partial charge < -0.3 is 9.13 Å². The fourth-order valence-electron chi connectivity index (χ4n) is 8.20. The summed E-state index contributed by atoms with van der Waals surface area (Å²) in [5.41, 5.74) is 11.5. The van der Waals surface area contributed by atoms with E-state index in [1.54, 1.807) is 0 Å². The maximum absolute atomic E-state index is 9.63. The van der Waals surface area contributed by atoms with Gasteiger partial charge in [-0.25, -0.2) is 0 Å². The highest BCUT2D eigenvalue weighted by atomic mass is 32.2. The van der Waals surface area contributed by atoms with Crippen molar-refractivity contribution in [3.63, 3.8) is 0 Å². The van der Waals surface area contributed by atoms with Gasteiger partial charge in [0.2, 0.25) is 0 Å². The fraction of sp³-hybridized carbons (Fsp3) is 0.0667. The molecule has 234 valence electrons. The summed E-state index contributed by atoms with van der Waals surface area (Å²) in [6.07, 6.45) is 7.13. The van der Waals surface area contributed by atoms with Crippen molar-refractivity contribution in [3.05, 3.63) is 168 Å². The largest absolute Gasteiger partial charge is 0.309 e. The van der Waals surface area contributed by atoms with Crippen LogP contribution in [0.3, 0.4) is 0 Å². The molecule has 1 aliphatic heterocycles. The van der Waals surface area contributed by atoms with Crippen molar-refractivity contribution in [2.24, 2.45) is 0 Å². The first-order valence-corrected chi connectivity index (χ1v) is 17.6. The highest BCUT2D eigenvalue weighted by Crippen LogP contribution is 2.54. The molecule has 2 aromatic heterocycles. The van der Waals surface area contributed by atoms with E-state index in [-0.39, 0.29) is 5.41 Å². The summed E-state index contributed by atoms with van der Waals surface area (Å²) in [4.78, 5) is 1.31. The van der Waals surface area contributed by atoms with Gasteiger partial charge in [0.15, 0.2) is 0 Å². The zero-order chi connectivity index (χ0) is 33.6. The molecular formula is C45H28N4S.